The van der Waals surface area contributed by atoms with Crippen LogP contribution in [-0.4, -0.2) is 6.10 Å². The Morgan fingerprint density at radius 3 is 2.25 bits per heavy atom. The molecule has 0 aliphatic heterocycles. The lowest BCUT2D eigenvalue weighted by atomic mass is 9.75. The molecule has 3 atom stereocenters. The number of hydrogen-bond donors (Lipinski definition) is 0. The van der Waals surface area contributed by atoms with E-state index in [0.717, 1.165) is 12.5 Å². The van der Waals surface area contributed by atoms with Gasteiger partial charge in [-0.3, -0.25) is 0 Å². The summed E-state index contributed by atoms with van der Waals surface area (Å²) in [5.74, 6) is 2.22. The molecule has 2 aromatic rings. The molecule has 0 bridgehead atoms. The number of rotatable bonds is 5. The molecule has 24 heavy (non-hydrogen) atoms. The highest BCUT2D eigenvalue weighted by molar-refractivity contribution is 5.63. The lowest BCUT2D eigenvalue weighted by Crippen LogP contribution is -2.34. The summed E-state index contributed by atoms with van der Waals surface area (Å²) in [6.45, 7) is 7.77. The zero-order chi connectivity index (χ0) is 16.9. The molecule has 0 aromatic heterocycles. The molecule has 128 valence electrons. The van der Waals surface area contributed by atoms with Crippen molar-refractivity contribution >= 4 is 0 Å². The second-order valence-corrected chi connectivity index (χ2v) is 7.74. The monoisotopic (exact) mass is 322 g/mol. The summed E-state index contributed by atoms with van der Waals surface area (Å²) in [5, 5.41) is 0. The van der Waals surface area contributed by atoms with E-state index in [4.69, 9.17) is 4.74 Å². The van der Waals surface area contributed by atoms with Crippen LogP contribution in [0.1, 0.15) is 45.6 Å². The Balaban J connectivity index is 1.61. The molecular formula is C23H30O. The van der Waals surface area contributed by atoms with Gasteiger partial charge in [0, 0.05) is 0 Å². The van der Waals surface area contributed by atoms with Gasteiger partial charge in [0.25, 0.3) is 0 Å². The van der Waals surface area contributed by atoms with Crippen LogP contribution < -0.4 is 0 Å². The number of benzene rings is 2. The second-order valence-electron chi connectivity index (χ2n) is 7.74. The highest BCUT2D eigenvalue weighted by atomic mass is 16.5. The van der Waals surface area contributed by atoms with Gasteiger partial charge in [-0.2, -0.15) is 0 Å². The van der Waals surface area contributed by atoms with Gasteiger partial charge in [-0.15, -0.1) is 0 Å². The fourth-order valence-electron chi connectivity index (χ4n) is 3.93. The van der Waals surface area contributed by atoms with E-state index in [2.05, 4.69) is 75.4 Å². The maximum atomic E-state index is 6.36. The highest BCUT2D eigenvalue weighted by Gasteiger charge is 2.31. The Hall–Kier alpha value is -1.60. The average Bonchev–Trinajstić information content (AvgIpc) is 2.61. The van der Waals surface area contributed by atoms with Crippen molar-refractivity contribution < 1.29 is 4.74 Å². The number of ether oxygens (including phenoxy) is 1. The van der Waals surface area contributed by atoms with Crippen molar-refractivity contribution in [3.63, 3.8) is 0 Å². The van der Waals surface area contributed by atoms with Crippen LogP contribution in [0.4, 0.5) is 0 Å². The Bertz CT molecular complexity index is 614. The van der Waals surface area contributed by atoms with Crippen molar-refractivity contribution in [1.82, 2.24) is 0 Å². The van der Waals surface area contributed by atoms with Crippen molar-refractivity contribution in [3.05, 3.63) is 60.2 Å². The van der Waals surface area contributed by atoms with E-state index in [0.29, 0.717) is 17.9 Å². The van der Waals surface area contributed by atoms with Gasteiger partial charge in [0.05, 0.1) is 12.7 Å². The minimum atomic E-state index is 0.419. The first-order chi connectivity index (χ1) is 11.6. The predicted octanol–water partition coefficient (Wildman–Crippen LogP) is 6.33. The summed E-state index contributed by atoms with van der Waals surface area (Å²) in [6, 6.07) is 19.4. The number of hydrogen-bond acceptors (Lipinski definition) is 1. The molecule has 1 saturated carbocycles. The fraction of sp³-hybridized carbons (Fsp3) is 0.478. The lowest BCUT2D eigenvalue weighted by molar-refractivity contribution is -0.0472. The topological polar surface area (TPSA) is 9.23 Å². The highest BCUT2D eigenvalue weighted by Crippen LogP contribution is 2.35. The van der Waals surface area contributed by atoms with E-state index in [9.17, 15) is 0 Å². The molecule has 1 aliphatic rings. The van der Waals surface area contributed by atoms with Crippen LogP contribution in [0.5, 0.6) is 0 Å². The van der Waals surface area contributed by atoms with Gasteiger partial charge < -0.3 is 4.74 Å². The zero-order valence-corrected chi connectivity index (χ0v) is 15.2. The molecular weight excluding hydrogens is 292 g/mol. The van der Waals surface area contributed by atoms with Crippen LogP contribution in [-0.2, 0) is 11.3 Å². The van der Waals surface area contributed by atoms with Gasteiger partial charge in [-0.25, -0.2) is 0 Å². The van der Waals surface area contributed by atoms with Crippen molar-refractivity contribution in [1.29, 1.82) is 0 Å². The summed E-state index contributed by atoms with van der Waals surface area (Å²) in [5.41, 5.74) is 3.81. The third kappa shape index (κ3) is 4.27. The van der Waals surface area contributed by atoms with Crippen LogP contribution in [0, 0.1) is 17.8 Å². The van der Waals surface area contributed by atoms with Gasteiger partial charge in [0.2, 0.25) is 0 Å². The smallest absolute Gasteiger partial charge is 0.0720 e. The van der Waals surface area contributed by atoms with E-state index in [-0.39, 0.29) is 0 Å². The molecule has 2 aromatic carbocycles. The molecule has 0 heterocycles. The summed E-state index contributed by atoms with van der Waals surface area (Å²) in [6.07, 6.45) is 4.30. The molecule has 0 N–H and O–H groups in total. The van der Waals surface area contributed by atoms with Gasteiger partial charge in [0.15, 0.2) is 0 Å². The summed E-state index contributed by atoms with van der Waals surface area (Å²) < 4.78 is 6.36. The van der Waals surface area contributed by atoms with Gasteiger partial charge in [0.1, 0.15) is 0 Å². The summed E-state index contributed by atoms with van der Waals surface area (Å²) in [7, 11) is 0. The van der Waals surface area contributed by atoms with Crippen molar-refractivity contribution in [3.8, 4) is 11.1 Å². The molecule has 1 aliphatic carbocycles. The first kappa shape index (κ1) is 17.2. The van der Waals surface area contributed by atoms with E-state index < -0.39 is 0 Å². The average molecular weight is 322 g/mol. The minimum Gasteiger partial charge on any atom is -0.373 e. The SMILES string of the molecule is CC(C)[C@@H]1CC[C@@H](C)C[C@H]1OCc1ccc(-c2ccccc2)cc1. The fourth-order valence-corrected chi connectivity index (χ4v) is 3.93. The third-order valence-electron chi connectivity index (χ3n) is 5.49. The Morgan fingerprint density at radius 1 is 0.917 bits per heavy atom. The first-order valence-corrected chi connectivity index (χ1v) is 9.39. The predicted molar refractivity (Wildman–Crippen MR) is 102 cm³/mol. The van der Waals surface area contributed by atoms with Gasteiger partial charge in [-0.05, 0) is 47.3 Å². The quantitative estimate of drug-likeness (QED) is 0.625. The largest absolute Gasteiger partial charge is 0.373 e. The van der Waals surface area contributed by atoms with Crippen molar-refractivity contribution in [2.24, 2.45) is 17.8 Å². The van der Waals surface area contributed by atoms with Crippen molar-refractivity contribution in [2.45, 2.75) is 52.7 Å². The molecule has 1 nitrogen and oxygen atoms in total. The molecule has 0 amide bonds. The third-order valence-corrected chi connectivity index (χ3v) is 5.49. The van der Waals surface area contributed by atoms with E-state index in [1.54, 1.807) is 0 Å². The van der Waals surface area contributed by atoms with E-state index >= 15 is 0 Å². The first-order valence-electron chi connectivity index (χ1n) is 9.39. The van der Waals surface area contributed by atoms with Gasteiger partial charge in [-0.1, -0.05) is 81.8 Å². The van der Waals surface area contributed by atoms with Gasteiger partial charge >= 0.3 is 0 Å². The molecule has 1 fully saturated rings. The van der Waals surface area contributed by atoms with E-state index in [1.165, 1.54) is 36.0 Å². The molecule has 3 rings (SSSR count). The van der Waals surface area contributed by atoms with Crippen molar-refractivity contribution in [2.75, 3.05) is 0 Å². The molecule has 1 heteroatoms. The maximum Gasteiger partial charge on any atom is 0.0720 e. The molecule has 0 unspecified atom stereocenters. The standard InChI is InChI=1S/C23H30O/c1-17(2)22-14-9-18(3)15-23(22)24-16-19-10-12-21(13-11-19)20-7-5-4-6-8-20/h4-8,10-13,17-18,22-23H,9,14-16H2,1-3H3/t18-,22+,23-/m1/s1. The van der Waals surface area contributed by atoms with Crippen LogP contribution >= 0.6 is 0 Å². The van der Waals surface area contributed by atoms with Crippen LogP contribution in [0.25, 0.3) is 11.1 Å². The lowest BCUT2D eigenvalue weighted by Gasteiger charge is -2.37. The minimum absolute atomic E-state index is 0.419. The molecule has 0 radical (unpaired) electrons. The normalized spacial score (nSPS) is 24.2. The Morgan fingerprint density at radius 2 is 1.58 bits per heavy atom. The van der Waals surface area contributed by atoms with E-state index in [1.807, 2.05) is 0 Å². The second kappa shape index (κ2) is 7.98. The Labute approximate surface area is 147 Å². The van der Waals surface area contributed by atoms with Crippen LogP contribution in [0.15, 0.2) is 54.6 Å². The molecule has 0 saturated heterocycles. The van der Waals surface area contributed by atoms with Crippen LogP contribution in [0.3, 0.4) is 0 Å². The summed E-state index contributed by atoms with van der Waals surface area (Å²) >= 11 is 0. The summed E-state index contributed by atoms with van der Waals surface area (Å²) in [4.78, 5) is 0. The molecule has 0 spiro atoms. The van der Waals surface area contributed by atoms with Crippen LogP contribution in [0.2, 0.25) is 0 Å². The maximum absolute atomic E-state index is 6.36. The zero-order valence-electron chi connectivity index (χ0n) is 15.2. The Kier molecular flexibility index (Phi) is 5.73.